The van der Waals surface area contributed by atoms with E-state index in [1.165, 1.54) is 14.2 Å². The predicted octanol–water partition coefficient (Wildman–Crippen LogP) is 3.03. The zero-order valence-corrected chi connectivity index (χ0v) is 16.5. The van der Waals surface area contributed by atoms with Crippen LogP contribution in [0.25, 0.3) is 0 Å². The molecule has 0 N–H and O–H groups in total. The molecule has 2 aromatic carbocycles. The Kier molecular flexibility index (Phi) is 6.32. The van der Waals surface area contributed by atoms with Gasteiger partial charge in [-0.1, -0.05) is 60.7 Å². The molecule has 0 amide bonds. The smallest absolute Gasteiger partial charge is 0.320 e. The maximum atomic E-state index is 12.3. The maximum Gasteiger partial charge on any atom is 0.320 e. The van der Waals surface area contributed by atoms with Crippen LogP contribution in [0.5, 0.6) is 0 Å². The number of hydrogen-bond donors (Lipinski definition) is 0. The van der Waals surface area contributed by atoms with Crippen molar-refractivity contribution < 1.29 is 28.6 Å². The third-order valence-corrected chi connectivity index (χ3v) is 5.55. The summed E-state index contributed by atoms with van der Waals surface area (Å²) in [6, 6.07) is 19.4. The molecule has 0 saturated carbocycles. The first-order valence-electron chi connectivity index (χ1n) is 9.49. The summed E-state index contributed by atoms with van der Waals surface area (Å²) < 4.78 is 15.4. The van der Waals surface area contributed by atoms with Gasteiger partial charge in [-0.15, -0.1) is 0 Å². The highest BCUT2D eigenvalue weighted by molar-refractivity contribution is 5.95. The average Bonchev–Trinajstić information content (AvgIpc) is 2.78. The molecule has 1 fully saturated rings. The number of esters is 3. The van der Waals surface area contributed by atoms with Gasteiger partial charge in [0.25, 0.3) is 0 Å². The van der Waals surface area contributed by atoms with Crippen LogP contribution in [-0.2, 0) is 34.0 Å². The van der Waals surface area contributed by atoms with Crippen LogP contribution >= 0.6 is 0 Å². The molecule has 1 aliphatic heterocycles. The molecule has 1 aliphatic rings. The SMILES string of the molecule is COC(=O)C(CC1OC(=O)CCC1(c1ccccc1)c1ccccc1)C(=O)OC. The molecule has 6 heteroatoms. The standard InChI is InChI=1S/C23H24O6/c1-27-21(25)18(22(26)28-2)15-19-23(14-13-20(24)29-19,16-9-5-3-6-10-16)17-11-7-4-8-12-17/h3-12,18-19H,13-15H2,1-2H3. The van der Waals surface area contributed by atoms with Crippen molar-refractivity contribution in [1.82, 2.24) is 0 Å². The fourth-order valence-corrected chi connectivity index (χ4v) is 4.11. The third-order valence-electron chi connectivity index (χ3n) is 5.55. The number of rotatable bonds is 6. The van der Waals surface area contributed by atoms with E-state index in [0.29, 0.717) is 6.42 Å². The van der Waals surface area contributed by atoms with Crippen LogP contribution in [-0.4, -0.2) is 38.2 Å². The Morgan fingerprint density at radius 2 is 1.45 bits per heavy atom. The number of benzene rings is 2. The van der Waals surface area contributed by atoms with E-state index in [0.717, 1.165) is 11.1 Å². The Morgan fingerprint density at radius 3 is 1.90 bits per heavy atom. The molecule has 0 bridgehead atoms. The van der Waals surface area contributed by atoms with Gasteiger partial charge in [0.1, 0.15) is 6.10 Å². The number of cyclic esters (lactones) is 1. The van der Waals surface area contributed by atoms with Crippen molar-refractivity contribution in [3.63, 3.8) is 0 Å². The Bertz CT molecular complexity index is 806. The lowest BCUT2D eigenvalue weighted by atomic mass is 9.64. The summed E-state index contributed by atoms with van der Waals surface area (Å²) in [4.78, 5) is 36.8. The third kappa shape index (κ3) is 4.01. The molecule has 0 aromatic heterocycles. The van der Waals surface area contributed by atoms with E-state index in [4.69, 9.17) is 14.2 Å². The van der Waals surface area contributed by atoms with E-state index in [1.807, 2.05) is 60.7 Å². The van der Waals surface area contributed by atoms with E-state index >= 15 is 0 Å². The van der Waals surface area contributed by atoms with E-state index in [1.54, 1.807) is 0 Å². The first-order chi connectivity index (χ1) is 14.0. The van der Waals surface area contributed by atoms with Crippen LogP contribution in [0.1, 0.15) is 30.4 Å². The molecule has 6 nitrogen and oxygen atoms in total. The van der Waals surface area contributed by atoms with Crippen LogP contribution in [0.4, 0.5) is 0 Å². The largest absolute Gasteiger partial charge is 0.468 e. The highest BCUT2D eigenvalue weighted by Crippen LogP contribution is 2.46. The lowest BCUT2D eigenvalue weighted by molar-refractivity contribution is -0.169. The maximum absolute atomic E-state index is 12.3. The normalized spacial score (nSPS) is 18.0. The summed E-state index contributed by atoms with van der Waals surface area (Å²) in [5.41, 5.74) is 1.21. The summed E-state index contributed by atoms with van der Waals surface area (Å²) >= 11 is 0. The second kappa shape index (κ2) is 8.90. The second-order valence-electron chi connectivity index (χ2n) is 7.02. The zero-order chi connectivity index (χ0) is 20.9. The van der Waals surface area contributed by atoms with Crippen LogP contribution in [0.15, 0.2) is 60.7 Å². The number of carbonyl (C=O) groups is 3. The van der Waals surface area contributed by atoms with E-state index in [2.05, 4.69) is 0 Å². The van der Waals surface area contributed by atoms with Gasteiger partial charge >= 0.3 is 17.9 Å². The van der Waals surface area contributed by atoms with Crippen LogP contribution in [0.3, 0.4) is 0 Å². The topological polar surface area (TPSA) is 78.9 Å². The van der Waals surface area contributed by atoms with E-state index < -0.39 is 29.4 Å². The quantitative estimate of drug-likeness (QED) is 0.424. The average molecular weight is 396 g/mol. The highest BCUT2D eigenvalue weighted by Gasteiger charge is 2.50. The Morgan fingerprint density at radius 1 is 0.966 bits per heavy atom. The Hall–Kier alpha value is -3.15. The molecule has 1 heterocycles. The molecule has 1 atom stereocenters. The molecule has 2 aromatic rings. The van der Waals surface area contributed by atoms with Gasteiger partial charge < -0.3 is 14.2 Å². The Balaban J connectivity index is 2.13. The second-order valence-corrected chi connectivity index (χ2v) is 7.02. The summed E-state index contributed by atoms with van der Waals surface area (Å²) in [5.74, 6) is -2.97. The molecule has 152 valence electrons. The lowest BCUT2D eigenvalue weighted by Crippen LogP contribution is -2.49. The van der Waals surface area contributed by atoms with Crippen molar-refractivity contribution in [2.45, 2.75) is 30.8 Å². The van der Waals surface area contributed by atoms with Gasteiger partial charge in [-0.25, -0.2) is 0 Å². The minimum absolute atomic E-state index is 0.0329. The summed E-state index contributed by atoms with van der Waals surface area (Å²) in [5, 5.41) is 0. The molecular weight excluding hydrogens is 372 g/mol. The monoisotopic (exact) mass is 396 g/mol. The first-order valence-corrected chi connectivity index (χ1v) is 9.49. The van der Waals surface area contributed by atoms with Gasteiger partial charge in [0.15, 0.2) is 5.92 Å². The summed E-state index contributed by atoms with van der Waals surface area (Å²) in [6.45, 7) is 0. The van der Waals surface area contributed by atoms with E-state index in [9.17, 15) is 14.4 Å². The molecule has 29 heavy (non-hydrogen) atoms. The van der Waals surface area contributed by atoms with Crippen molar-refractivity contribution in [3.05, 3.63) is 71.8 Å². The molecule has 1 saturated heterocycles. The van der Waals surface area contributed by atoms with Crippen LogP contribution in [0, 0.1) is 5.92 Å². The Labute approximate surface area is 169 Å². The molecule has 0 radical (unpaired) electrons. The van der Waals surface area contributed by atoms with Crippen molar-refractivity contribution in [2.75, 3.05) is 14.2 Å². The van der Waals surface area contributed by atoms with Gasteiger partial charge in [-0.2, -0.15) is 0 Å². The van der Waals surface area contributed by atoms with Gasteiger partial charge in [0.2, 0.25) is 0 Å². The van der Waals surface area contributed by atoms with Gasteiger partial charge in [0.05, 0.1) is 19.6 Å². The number of methoxy groups -OCH3 is 2. The van der Waals surface area contributed by atoms with Crippen molar-refractivity contribution in [3.8, 4) is 0 Å². The molecule has 0 spiro atoms. The lowest BCUT2D eigenvalue weighted by Gasteiger charge is -2.45. The van der Waals surface area contributed by atoms with Gasteiger partial charge in [-0.05, 0) is 17.5 Å². The minimum atomic E-state index is -1.19. The van der Waals surface area contributed by atoms with Crippen LogP contribution in [0.2, 0.25) is 0 Å². The molecule has 1 unspecified atom stereocenters. The number of carbonyl (C=O) groups excluding carboxylic acids is 3. The van der Waals surface area contributed by atoms with Crippen molar-refractivity contribution in [1.29, 1.82) is 0 Å². The number of ether oxygens (including phenoxy) is 3. The zero-order valence-electron chi connectivity index (χ0n) is 16.5. The van der Waals surface area contributed by atoms with Gasteiger partial charge in [-0.3, -0.25) is 14.4 Å². The fraction of sp³-hybridized carbons (Fsp3) is 0.348. The summed E-state index contributed by atoms with van der Waals surface area (Å²) in [7, 11) is 2.43. The van der Waals surface area contributed by atoms with Crippen LogP contribution < -0.4 is 0 Å². The first kappa shape index (κ1) is 20.6. The predicted molar refractivity (Wildman–Crippen MR) is 105 cm³/mol. The van der Waals surface area contributed by atoms with E-state index in [-0.39, 0.29) is 18.8 Å². The molecule has 3 rings (SSSR count). The molecular formula is C23H24O6. The fourth-order valence-electron chi connectivity index (χ4n) is 4.11. The van der Waals surface area contributed by atoms with Crippen molar-refractivity contribution >= 4 is 17.9 Å². The van der Waals surface area contributed by atoms with Crippen molar-refractivity contribution in [2.24, 2.45) is 5.92 Å². The minimum Gasteiger partial charge on any atom is -0.468 e. The number of hydrogen-bond acceptors (Lipinski definition) is 6. The van der Waals surface area contributed by atoms with Gasteiger partial charge in [0, 0.05) is 12.8 Å². The highest BCUT2D eigenvalue weighted by atomic mass is 16.6. The molecule has 0 aliphatic carbocycles. The summed E-state index contributed by atoms with van der Waals surface area (Å²) in [6.07, 6.45) is -0.0349.